The van der Waals surface area contributed by atoms with Crippen LogP contribution >= 0.6 is 12.6 Å². The Labute approximate surface area is 155 Å². The number of ether oxygens (including phenoxy) is 4. The van der Waals surface area contributed by atoms with E-state index in [1.807, 2.05) is 0 Å². The van der Waals surface area contributed by atoms with Gasteiger partial charge in [-0.3, -0.25) is 0 Å². The largest absolute Gasteiger partial charge is 0.394 e. The molecular formula is C14H26O11S. The summed E-state index contributed by atoms with van der Waals surface area (Å²) in [6.45, 7) is -0.875. The van der Waals surface area contributed by atoms with Crippen LogP contribution in [0.15, 0.2) is 0 Å². The van der Waals surface area contributed by atoms with Crippen molar-refractivity contribution in [2.75, 3.05) is 25.6 Å². The van der Waals surface area contributed by atoms with Crippen LogP contribution in [-0.2, 0) is 18.9 Å². The van der Waals surface area contributed by atoms with Crippen molar-refractivity contribution >= 4 is 12.6 Å². The molecule has 2 aliphatic rings. The number of hydrogen-bond donors (Lipinski definition) is 8. The maximum atomic E-state index is 10.0. The van der Waals surface area contributed by atoms with Gasteiger partial charge in [0.15, 0.2) is 12.6 Å². The van der Waals surface area contributed by atoms with Gasteiger partial charge >= 0.3 is 0 Å². The SMILES string of the molecule is OCC1OC(OCC2OC(OCCS)[C@H](O)[C@@H](O)[C@@H]2O)[C@H](O)[C@@H](O)[C@@H]1O. The Hall–Kier alpha value is -0.0900. The number of aliphatic hydroxyl groups excluding tert-OH is 7. The molecular weight excluding hydrogens is 376 g/mol. The summed E-state index contributed by atoms with van der Waals surface area (Å²) in [5.41, 5.74) is 0. The van der Waals surface area contributed by atoms with E-state index in [2.05, 4.69) is 12.6 Å². The van der Waals surface area contributed by atoms with Crippen LogP contribution in [-0.4, -0.2) is 123 Å². The van der Waals surface area contributed by atoms with Crippen LogP contribution in [0.5, 0.6) is 0 Å². The van der Waals surface area contributed by atoms with E-state index in [1.165, 1.54) is 0 Å². The Morgan fingerprint density at radius 3 is 1.73 bits per heavy atom. The Morgan fingerprint density at radius 1 is 0.692 bits per heavy atom. The molecule has 0 aromatic carbocycles. The maximum absolute atomic E-state index is 10.0. The highest BCUT2D eigenvalue weighted by Crippen LogP contribution is 2.25. The lowest BCUT2D eigenvalue weighted by molar-refractivity contribution is -0.330. The predicted molar refractivity (Wildman–Crippen MR) is 86.2 cm³/mol. The van der Waals surface area contributed by atoms with Crippen molar-refractivity contribution in [3.63, 3.8) is 0 Å². The van der Waals surface area contributed by atoms with Crippen molar-refractivity contribution in [2.24, 2.45) is 0 Å². The molecule has 2 fully saturated rings. The van der Waals surface area contributed by atoms with Crippen molar-refractivity contribution < 1.29 is 54.7 Å². The fourth-order valence-corrected chi connectivity index (χ4v) is 2.86. The molecule has 0 aromatic heterocycles. The highest BCUT2D eigenvalue weighted by atomic mass is 32.1. The molecule has 0 spiro atoms. The molecule has 11 nitrogen and oxygen atoms in total. The monoisotopic (exact) mass is 402 g/mol. The molecule has 0 radical (unpaired) electrons. The number of thiol groups is 1. The van der Waals surface area contributed by atoms with E-state index in [0.717, 1.165) is 0 Å². The molecule has 10 atom stereocenters. The van der Waals surface area contributed by atoms with Crippen LogP contribution < -0.4 is 0 Å². The summed E-state index contributed by atoms with van der Waals surface area (Å²) in [5.74, 6) is 0.345. The van der Waals surface area contributed by atoms with Gasteiger partial charge in [-0.2, -0.15) is 12.6 Å². The van der Waals surface area contributed by atoms with Gasteiger partial charge in [-0.05, 0) is 0 Å². The minimum Gasteiger partial charge on any atom is -0.394 e. The van der Waals surface area contributed by atoms with Crippen LogP contribution in [0.1, 0.15) is 0 Å². The van der Waals surface area contributed by atoms with Crippen LogP contribution in [0.3, 0.4) is 0 Å². The lowest BCUT2D eigenvalue weighted by Gasteiger charge is -2.42. The normalized spacial score (nSPS) is 47.1. The molecule has 7 N–H and O–H groups in total. The number of rotatable bonds is 7. The van der Waals surface area contributed by atoms with Gasteiger partial charge in [0, 0.05) is 5.75 Å². The Kier molecular flexibility index (Phi) is 8.46. The highest BCUT2D eigenvalue weighted by Gasteiger charge is 2.47. The smallest absolute Gasteiger partial charge is 0.186 e. The molecule has 2 rings (SSSR count). The molecule has 0 bridgehead atoms. The maximum Gasteiger partial charge on any atom is 0.186 e. The molecule has 4 unspecified atom stereocenters. The average Bonchev–Trinajstić information content (AvgIpc) is 2.64. The topological polar surface area (TPSA) is 179 Å². The lowest BCUT2D eigenvalue weighted by Crippen LogP contribution is -2.61. The molecule has 26 heavy (non-hydrogen) atoms. The van der Waals surface area contributed by atoms with Crippen LogP contribution in [0.4, 0.5) is 0 Å². The Balaban J connectivity index is 1.96. The summed E-state index contributed by atoms with van der Waals surface area (Å²) >= 11 is 3.96. The first kappa shape index (κ1) is 22.2. The number of aliphatic hydroxyl groups is 7. The molecule has 0 aromatic rings. The molecule has 0 amide bonds. The van der Waals surface area contributed by atoms with Crippen molar-refractivity contribution in [3.8, 4) is 0 Å². The molecule has 154 valence electrons. The summed E-state index contributed by atoms with van der Waals surface area (Å²) in [6.07, 6.45) is -14.2. The molecule has 0 aliphatic carbocycles. The average molecular weight is 402 g/mol. The van der Waals surface area contributed by atoms with Gasteiger partial charge < -0.3 is 54.7 Å². The van der Waals surface area contributed by atoms with E-state index in [-0.39, 0.29) is 6.61 Å². The van der Waals surface area contributed by atoms with Gasteiger partial charge in [-0.25, -0.2) is 0 Å². The number of hydrogen-bond acceptors (Lipinski definition) is 12. The van der Waals surface area contributed by atoms with Crippen molar-refractivity contribution in [1.82, 2.24) is 0 Å². The first-order valence-electron chi connectivity index (χ1n) is 8.16. The van der Waals surface area contributed by atoms with E-state index in [0.29, 0.717) is 5.75 Å². The summed E-state index contributed by atoms with van der Waals surface area (Å²) < 4.78 is 21.0. The van der Waals surface area contributed by atoms with Crippen LogP contribution in [0.2, 0.25) is 0 Å². The molecule has 2 saturated heterocycles. The summed E-state index contributed by atoms with van der Waals surface area (Å²) in [7, 11) is 0. The first-order chi connectivity index (χ1) is 12.3. The van der Waals surface area contributed by atoms with E-state index in [1.54, 1.807) is 0 Å². The third-order valence-electron chi connectivity index (χ3n) is 4.32. The van der Waals surface area contributed by atoms with Gasteiger partial charge in [0.25, 0.3) is 0 Å². The van der Waals surface area contributed by atoms with Crippen molar-refractivity contribution in [3.05, 3.63) is 0 Å². The first-order valence-corrected chi connectivity index (χ1v) is 8.79. The van der Waals surface area contributed by atoms with Gasteiger partial charge in [0.05, 0.1) is 19.8 Å². The molecule has 2 aliphatic heterocycles. The van der Waals surface area contributed by atoms with E-state index >= 15 is 0 Å². The summed E-state index contributed by atoms with van der Waals surface area (Å²) in [6, 6.07) is 0. The lowest BCUT2D eigenvalue weighted by atomic mass is 9.98. The minimum absolute atomic E-state index is 0.133. The highest BCUT2D eigenvalue weighted by molar-refractivity contribution is 7.80. The fraction of sp³-hybridized carbons (Fsp3) is 1.00. The van der Waals surface area contributed by atoms with Crippen molar-refractivity contribution in [2.45, 2.75) is 61.4 Å². The van der Waals surface area contributed by atoms with E-state index in [4.69, 9.17) is 24.1 Å². The molecule has 2 heterocycles. The molecule has 0 saturated carbocycles. The zero-order valence-corrected chi connectivity index (χ0v) is 14.7. The molecule has 12 heteroatoms. The Bertz CT molecular complexity index is 428. The van der Waals surface area contributed by atoms with Gasteiger partial charge in [0.1, 0.15) is 48.8 Å². The van der Waals surface area contributed by atoms with Gasteiger partial charge in [0.2, 0.25) is 0 Å². The van der Waals surface area contributed by atoms with E-state index in [9.17, 15) is 30.6 Å². The van der Waals surface area contributed by atoms with Crippen LogP contribution in [0.25, 0.3) is 0 Å². The van der Waals surface area contributed by atoms with Gasteiger partial charge in [-0.1, -0.05) is 0 Å². The zero-order chi connectivity index (χ0) is 19.4. The minimum atomic E-state index is -1.61. The quantitative estimate of drug-likeness (QED) is 0.193. The third kappa shape index (κ3) is 4.84. The van der Waals surface area contributed by atoms with Crippen molar-refractivity contribution in [1.29, 1.82) is 0 Å². The third-order valence-corrected chi connectivity index (χ3v) is 4.50. The fourth-order valence-electron chi connectivity index (χ4n) is 2.76. The summed E-state index contributed by atoms with van der Waals surface area (Å²) in [4.78, 5) is 0. The second kappa shape index (κ2) is 9.91. The standard InChI is InChI=1S/C14H26O11S/c15-3-5-7(16)9(18)12(21)14(24-5)23-4-6-8(17)10(19)11(20)13(25-6)22-1-2-26/h5-21,26H,1-4H2/t5?,6?,7-,8-,9+,10+,11-,12-,13?,14?/m1/s1. The zero-order valence-electron chi connectivity index (χ0n) is 13.8. The predicted octanol–water partition coefficient (Wildman–Crippen LogP) is -4.44. The summed E-state index contributed by atoms with van der Waals surface area (Å²) in [5, 5.41) is 68.3. The van der Waals surface area contributed by atoms with Crippen LogP contribution in [0, 0.1) is 0 Å². The second-order valence-corrected chi connectivity index (χ2v) is 6.59. The Morgan fingerprint density at radius 2 is 1.19 bits per heavy atom. The van der Waals surface area contributed by atoms with Gasteiger partial charge in [-0.15, -0.1) is 0 Å². The second-order valence-electron chi connectivity index (χ2n) is 6.14. The van der Waals surface area contributed by atoms with E-state index < -0.39 is 74.6 Å².